The van der Waals surface area contributed by atoms with Crippen molar-refractivity contribution in [2.45, 2.75) is 103 Å². The predicted molar refractivity (Wildman–Crippen MR) is 102 cm³/mol. The van der Waals surface area contributed by atoms with E-state index in [0.717, 1.165) is 12.8 Å². The van der Waals surface area contributed by atoms with Gasteiger partial charge in [-0.2, -0.15) is 0 Å². The molecule has 0 radical (unpaired) electrons. The quantitative estimate of drug-likeness (QED) is 0.186. The first-order chi connectivity index (χ1) is 11.2. The Labute approximate surface area is 144 Å². The summed E-state index contributed by atoms with van der Waals surface area (Å²) in [7, 11) is 0. The van der Waals surface area contributed by atoms with E-state index in [0.29, 0.717) is 5.57 Å². The molecule has 0 aromatic carbocycles. The number of rotatable bonds is 17. The molecule has 0 aliphatic carbocycles. The maximum absolute atomic E-state index is 10.8. The third kappa shape index (κ3) is 17.1. The molecule has 0 fully saturated rings. The summed E-state index contributed by atoms with van der Waals surface area (Å²) in [5, 5.41) is 0. The monoisotopic (exact) mass is 321 g/mol. The molecular formula is C21H39NO. The summed E-state index contributed by atoms with van der Waals surface area (Å²) in [5.74, 6) is -0.349. The van der Waals surface area contributed by atoms with Crippen molar-refractivity contribution in [1.29, 1.82) is 0 Å². The zero-order valence-electron chi connectivity index (χ0n) is 15.5. The maximum Gasteiger partial charge on any atom is 0.244 e. The number of unbranched alkanes of at least 4 members (excludes halogenated alkanes) is 12. The van der Waals surface area contributed by atoms with Gasteiger partial charge in [0.25, 0.3) is 0 Å². The number of hydrogen-bond acceptors (Lipinski definition) is 1. The lowest BCUT2D eigenvalue weighted by molar-refractivity contribution is -0.114. The summed E-state index contributed by atoms with van der Waals surface area (Å²) < 4.78 is 0. The lowest BCUT2D eigenvalue weighted by Crippen LogP contribution is -2.12. The van der Waals surface area contributed by atoms with Crippen LogP contribution in [0, 0.1) is 0 Å². The molecule has 0 aliphatic heterocycles. The van der Waals surface area contributed by atoms with Gasteiger partial charge in [-0.3, -0.25) is 4.79 Å². The molecule has 23 heavy (non-hydrogen) atoms. The number of carbonyl (C=O) groups excluding carboxylic acids is 1. The van der Waals surface area contributed by atoms with Gasteiger partial charge in [0, 0.05) is 5.57 Å². The van der Waals surface area contributed by atoms with E-state index in [1.807, 2.05) is 0 Å². The topological polar surface area (TPSA) is 43.1 Å². The Morgan fingerprint density at radius 1 is 0.783 bits per heavy atom. The molecule has 134 valence electrons. The van der Waals surface area contributed by atoms with Gasteiger partial charge >= 0.3 is 0 Å². The molecule has 0 aromatic heterocycles. The first kappa shape index (κ1) is 21.9. The lowest BCUT2D eigenvalue weighted by atomic mass is 10.0. The van der Waals surface area contributed by atoms with Gasteiger partial charge < -0.3 is 5.73 Å². The van der Waals surface area contributed by atoms with E-state index in [-0.39, 0.29) is 5.91 Å². The summed E-state index contributed by atoms with van der Waals surface area (Å²) in [6.07, 6.45) is 23.7. The minimum absolute atomic E-state index is 0.349. The van der Waals surface area contributed by atoms with Crippen molar-refractivity contribution < 1.29 is 4.79 Å². The molecule has 0 saturated heterocycles. The smallest absolute Gasteiger partial charge is 0.244 e. The fourth-order valence-corrected chi connectivity index (χ4v) is 2.71. The molecule has 0 aliphatic rings. The summed E-state index contributed by atoms with van der Waals surface area (Å²) in [6, 6.07) is 0. The number of allylic oxidation sites excluding steroid dienone is 2. The SMILES string of the molecule is C=C(CCCCCCCC/C=C\CCCCCCCC)C(N)=O. The van der Waals surface area contributed by atoms with Crippen molar-refractivity contribution in [3.8, 4) is 0 Å². The molecule has 0 unspecified atom stereocenters. The van der Waals surface area contributed by atoms with Crippen molar-refractivity contribution in [2.24, 2.45) is 5.73 Å². The largest absolute Gasteiger partial charge is 0.366 e. The van der Waals surface area contributed by atoms with Crippen LogP contribution in [0.4, 0.5) is 0 Å². The fourth-order valence-electron chi connectivity index (χ4n) is 2.71. The van der Waals surface area contributed by atoms with Crippen LogP contribution in [0.5, 0.6) is 0 Å². The van der Waals surface area contributed by atoms with Crippen LogP contribution < -0.4 is 5.73 Å². The Morgan fingerprint density at radius 3 is 1.70 bits per heavy atom. The Balaban J connectivity index is 3.16. The third-order valence-electron chi connectivity index (χ3n) is 4.34. The van der Waals surface area contributed by atoms with Gasteiger partial charge in [0.15, 0.2) is 0 Å². The normalized spacial score (nSPS) is 11.2. The van der Waals surface area contributed by atoms with Crippen LogP contribution in [0.2, 0.25) is 0 Å². The zero-order valence-corrected chi connectivity index (χ0v) is 15.5. The van der Waals surface area contributed by atoms with E-state index in [9.17, 15) is 4.79 Å². The Hall–Kier alpha value is -1.05. The van der Waals surface area contributed by atoms with Gasteiger partial charge in [-0.25, -0.2) is 0 Å². The first-order valence-corrected chi connectivity index (χ1v) is 9.81. The van der Waals surface area contributed by atoms with Crippen LogP contribution in [0.15, 0.2) is 24.3 Å². The van der Waals surface area contributed by atoms with Gasteiger partial charge in [0.05, 0.1) is 0 Å². The fraction of sp³-hybridized carbons (Fsp3) is 0.762. The molecule has 0 atom stereocenters. The lowest BCUT2D eigenvalue weighted by Gasteiger charge is -2.02. The maximum atomic E-state index is 10.8. The van der Waals surface area contributed by atoms with Crippen LogP contribution in [-0.2, 0) is 4.79 Å². The number of hydrogen-bond donors (Lipinski definition) is 1. The summed E-state index contributed by atoms with van der Waals surface area (Å²) in [6.45, 7) is 5.95. The van der Waals surface area contributed by atoms with Crippen molar-refractivity contribution in [3.05, 3.63) is 24.3 Å². The van der Waals surface area contributed by atoms with Crippen molar-refractivity contribution in [3.63, 3.8) is 0 Å². The van der Waals surface area contributed by atoms with E-state index < -0.39 is 0 Å². The van der Waals surface area contributed by atoms with E-state index in [1.54, 1.807) is 0 Å². The average Bonchev–Trinajstić information content (AvgIpc) is 2.54. The first-order valence-electron chi connectivity index (χ1n) is 9.81. The van der Waals surface area contributed by atoms with Crippen LogP contribution in [-0.4, -0.2) is 5.91 Å². The zero-order chi connectivity index (χ0) is 17.2. The molecule has 0 rings (SSSR count). The summed E-state index contributed by atoms with van der Waals surface area (Å²) in [4.78, 5) is 10.8. The van der Waals surface area contributed by atoms with Gasteiger partial charge in [0.2, 0.25) is 5.91 Å². The Morgan fingerprint density at radius 2 is 1.22 bits per heavy atom. The minimum Gasteiger partial charge on any atom is -0.366 e. The molecule has 2 nitrogen and oxygen atoms in total. The molecule has 0 spiro atoms. The molecule has 0 aromatic rings. The highest BCUT2D eigenvalue weighted by Crippen LogP contribution is 2.12. The average molecular weight is 322 g/mol. The van der Waals surface area contributed by atoms with Crippen molar-refractivity contribution in [1.82, 2.24) is 0 Å². The molecule has 0 bridgehead atoms. The van der Waals surface area contributed by atoms with Crippen molar-refractivity contribution in [2.75, 3.05) is 0 Å². The Bertz CT molecular complexity index is 320. The van der Waals surface area contributed by atoms with Crippen LogP contribution in [0.25, 0.3) is 0 Å². The highest BCUT2D eigenvalue weighted by atomic mass is 16.1. The molecule has 1 amide bonds. The van der Waals surface area contributed by atoms with Crippen molar-refractivity contribution >= 4 is 5.91 Å². The van der Waals surface area contributed by atoms with Gasteiger partial charge in [-0.05, 0) is 38.5 Å². The van der Waals surface area contributed by atoms with Crippen LogP contribution in [0.3, 0.4) is 0 Å². The minimum atomic E-state index is -0.349. The highest BCUT2D eigenvalue weighted by molar-refractivity contribution is 5.91. The number of carbonyl (C=O) groups is 1. The second kappa shape index (κ2) is 17.3. The molecule has 2 heteroatoms. The second-order valence-electron chi connectivity index (χ2n) is 6.66. The van der Waals surface area contributed by atoms with Crippen LogP contribution in [0.1, 0.15) is 103 Å². The summed E-state index contributed by atoms with van der Waals surface area (Å²) in [5.41, 5.74) is 5.73. The summed E-state index contributed by atoms with van der Waals surface area (Å²) >= 11 is 0. The van der Waals surface area contributed by atoms with E-state index in [4.69, 9.17) is 5.73 Å². The Kier molecular flexibility index (Phi) is 16.5. The predicted octanol–water partition coefficient (Wildman–Crippen LogP) is 6.46. The van der Waals surface area contributed by atoms with Crippen LogP contribution >= 0.6 is 0 Å². The second-order valence-corrected chi connectivity index (χ2v) is 6.66. The van der Waals surface area contributed by atoms with Gasteiger partial charge in [-0.1, -0.05) is 83.4 Å². The highest BCUT2D eigenvalue weighted by Gasteiger charge is 2.00. The number of nitrogens with two attached hydrogens (primary N) is 1. The molecular weight excluding hydrogens is 282 g/mol. The van der Waals surface area contributed by atoms with E-state index in [2.05, 4.69) is 25.7 Å². The number of primary amides is 1. The molecule has 0 saturated carbocycles. The molecule has 0 heterocycles. The number of amides is 1. The van der Waals surface area contributed by atoms with E-state index in [1.165, 1.54) is 83.5 Å². The standard InChI is InChI=1S/C21H39NO/c1-3-4-5-6-7-8-9-10-11-12-13-14-15-16-17-18-19-20(2)21(22)23/h10-11H,2-9,12-19H2,1H3,(H2,22,23)/b11-10-. The van der Waals surface area contributed by atoms with Gasteiger partial charge in [-0.15, -0.1) is 0 Å². The third-order valence-corrected chi connectivity index (χ3v) is 4.34. The van der Waals surface area contributed by atoms with E-state index >= 15 is 0 Å². The molecule has 2 N–H and O–H groups in total. The van der Waals surface area contributed by atoms with Gasteiger partial charge in [0.1, 0.15) is 0 Å².